The molecule has 0 saturated heterocycles. The Morgan fingerprint density at radius 1 is 1.33 bits per heavy atom. The third kappa shape index (κ3) is 2.47. The first-order chi connectivity index (χ1) is 8.32. The normalized spacial score (nSPS) is 14.5. The van der Waals surface area contributed by atoms with Crippen LogP contribution in [0.15, 0.2) is 18.2 Å². The summed E-state index contributed by atoms with van der Waals surface area (Å²) >= 11 is 11.9. The van der Waals surface area contributed by atoms with Crippen molar-refractivity contribution in [2.75, 3.05) is 13.8 Å². The van der Waals surface area contributed by atoms with Gasteiger partial charge in [-0.15, -0.1) is 0 Å². The highest BCUT2D eigenvalue weighted by Gasteiger charge is 2.22. The minimum absolute atomic E-state index is 0.106. The minimum Gasteiger partial charge on any atom is -0.480 e. The zero-order valence-corrected chi connectivity index (χ0v) is 12.1. The monoisotopic (exact) mass is 305 g/mol. The van der Waals surface area contributed by atoms with Gasteiger partial charge in [0.2, 0.25) is 13.2 Å². The van der Waals surface area contributed by atoms with Gasteiger partial charge in [-0.2, -0.15) is 0 Å². The zero-order chi connectivity index (χ0) is 13.5. The fraction of sp³-hybridized carbons (Fsp3) is 0.182. The van der Waals surface area contributed by atoms with E-state index in [-0.39, 0.29) is 11.2 Å². The summed E-state index contributed by atoms with van der Waals surface area (Å²) in [6.07, 6.45) is 0. The zero-order valence-electron chi connectivity index (χ0n) is 9.65. The molecular formula is C11H10Cl2NO3P. The lowest BCUT2D eigenvalue weighted by molar-refractivity contribution is 0.401. The summed E-state index contributed by atoms with van der Waals surface area (Å²) in [6, 6.07) is 4.69. The number of benzene rings is 1. The summed E-state index contributed by atoms with van der Waals surface area (Å²) in [5.41, 5.74) is 0.515. The molecule has 7 heteroatoms. The van der Waals surface area contributed by atoms with Gasteiger partial charge in [0.25, 0.3) is 0 Å². The number of pyridine rings is 1. The number of aromatic nitrogens is 1. The second-order valence-electron chi connectivity index (χ2n) is 3.85. The van der Waals surface area contributed by atoms with E-state index in [1.54, 1.807) is 12.1 Å². The molecule has 0 saturated carbocycles. The largest absolute Gasteiger partial charge is 0.480 e. The summed E-state index contributed by atoms with van der Waals surface area (Å²) < 4.78 is 16.8. The van der Waals surface area contributed by atoms with Crippen LogP contribution in [0.25, 0.3) is 10.9 Å². The highest BCUT2D eigenvalue weighted by Crippen LogP contribution is 2.39. The fourth-order valence-corrected chi connectivity index (χ4v) is 3.02. The van der Waals surface area contributed by atoms with Crippen LogP contribution < -0.4 is 10.0 Å². The molecule has 0 aliphatic heterocycles. The van der Waals surface area contributed by atoms with Crippen LogP contribution in [0.1, 0.15) is 0 Å². The van der Waals surface area contributed by atoms with Crippen LogP contribution in [-0.4, -0.2) is 23.7 Å². The molecule has 0 radical (unpaired) electrons. The molecular weight excluding hydrogens is 296 g/mol. The molecule has 0 aliphatic rings. The van der Waals surface area contributed by atoms with Crippen molar-refractivity contribution in [1.29, 1.82) is 0 Å². The van der Waals surface area contributed by atoms with Crippen molar-refractivity contribution in [3.05, 3.63) is 28.2 Å². The Morgan fingerprint density at radius 3 is 2.56 bits per heavy atom. The summed E-state index contributed by atoms with van der Waals surface area (Å²) in [5.74, 6) is 0.106. The number of hydrogen-bond donors (Lipinski definition) is 1. The van der Waals surface area contributed by atoms with E-state index in [4.69, 9.17) is 27.9 Å². The van der Waals surface area contributed by atoms with E-state index < -0.39 is 7.37 Å². The summed E-state index contributed by atoms with van der Waals surface area (Å²) in [4.78, 5) is 13.8. The molecule has 0 aliphatic carbocycles. The maximum atomic E-state index is 11.8. The minimum atomic E-state index is -3.49. The van der Waals surface area contributed by atoms with Crippen LogP contribution in [0, 0.1) is 0 Å². The predicted molar refractivity (Wildman–Crippen MR) is 73.7 cm³/mol. The van der Waals surface area contributed by atoms with Gasteiger partial charge in [0.1, 0.15) is 0 Å². The number of rotatable bonds is 2. The van der Waals surface area contributed by atoms with Gasteiger partial charge in [-0.05, 0) is 18.2 Å². The van der Waals surface area contributed by atoms with E-state index in [2.05, 4.69) is 4.98 Å². The lowest BCUT2D eigenvalue weighted by atomic mass is 10.2. The van der Waals surface area contributed by atoms with Crippen LogP contribution in [0.5, 0.6) is 5.88 Å². The fourth-order valence-electron chi connectivity index (χ4n) is 1.62. The van der Waals surface area contributed by atoms with Crippen LogP contribution >= 0.6 is 30.6 Å². The van der Waals surface area contributed by atoms with Gasteiger partial charge in [-0.25, -0.2) is 4.98 Å². The van der Waals surface area contributed by atoms with Crippen molar-refractivity contribution in [2.45, 2.75) is 0 Å². The van der Waals surface area contributed by atoms with Gasteiger partial charge in [-0.1, -0.05) is 23.2 Å². The van der Waals surface area contributed by atoms with E-state index in [1.807, 2.05) is 0 Å². The molecule has 0 fully saturated rings. The molecule has 1 unspecified atom stereocenters. The molecule has 0 amide bonds. The molecule has 4 nitrogen and oxygen atoms in total. The van der Waals surface area contributed by atoms with Gasteiger partial charge >= 0.3 is 0 Å². The lowest BCUT2D eigenvalue weighted by Crippen LogP contribution is -2.10. The Hall–Kier alpha value is -0.800. The Kier molecular flexibility index (Phi) is 3.56. The second-order valence-corrected chi connectivity index (χ2v) is 6.93. The van der Waals surface area contributed by atoms with E-state index in [0.717, 1.165) is 0 Å². The Bertz CT molecular complexity index is 669. The topological polar surface area (TPSA) is 59.4 Å². The molecule has 0 spiro atoms. The highest BCUT2D eigenvalue weighted by atomic mass is 35.5. The standard InChI is InChI=1S/C11H10Cl2NO3P/c1-17-11-10(18(2,15)16)5-7-8(13)3-6(12)4-9(7)14-11/h3-5H,1-2H3,(H,15,16). The Labute approximate surface area is 114 Å². The van der Waals surface area contributed by atoms with Crippen LogP contribution in [0.3, 0.4) is 0 Å². The van der Waals surface area contributed by atoms with Crippen molar-refractivity contribution in [3.63, 3.8) is 0 Å². The van der Waals surface area contributed by atoms with Crippen molar-refractivity contribution >= 4 is 46.8 Å². The van der Waals surface area contributed by atoms with E-state index in [0.29, 0.717) is 20.9 Å². The van der Waals surface area contributed by atoms with Crippen LogP contribution in [0.4, 0.5) is 0 Å². The smallest absolute Gasteiger partial charge is 0.232 e. The quantitative estimate of drug-likeness (QED) is 0.866. The molecule has 1 aromatic heterocycles. The highest BCUT2D eigenvalue weighted by molar-refractivity contribution is 7.65. The number of nitrogens with zero attached hydrogens (tertiary/aromatic N) is 1. The van der Waals surface area contributed by atoms with Gasteiger partial charge < -0.3 is 9.63 Å². The van der Waals surface area contributed by atoms with Gasteiger partial charge in [0.15, 0.2) is 0 Å². The molecule has 96 valence electrons. The Morgan fingerprint density at radius 2 is 2.00 bits per heavy atom. The first-order valence-corrected chi connectivity index (χ1v) is 7.84. The summed E-state index contributed by atoms with van der Waals surface area (Å²) in [5, 5.41) is 1.52. The van der Waals surface area contributed by atoms with Crippen molar-refractivity contribution in [2.24, 2.45) is 0 Å². The average Bonchev–Trinajstić information content (AvgIpc) is 2.25. The average molecular weight is 306 g/mol. The number of hydrogen-bond acceptors (Lipinski definition) is 3. The number of fused-ring (bicyclic) bond motifs is 1. The summed E-state index contributed by atoms with van der Waals surface area (Å²) in [6.45, 7) is 1.22. The lowest BCUT2D eigenvalue weighted by Gasteiger charge is -2.12. The molecule has 18 heavy (non-hydrogen) atoms. The number of ether oxygens (including phenoxy) is 1. The molecule has 1 aromatic carbocycles. The van der Waals surface area contributed by atoms with Crippen molar-refractivity contribution in [3.8, 4) is 5.88 Å². The Balaban J connectivity index is 2.86. The molecule has 1 heterocycles. The third-order valence-corrected chi connectivity index (χ3v) is 4.18. The van der Waals surface area contributed by atoms with Crippen molar-refractivity contribution in [1.82, 2.24) is 4.98 Å². The summed E-state index contributed by atoms with van der Waals surface area (Å²) in [7, 11) is -2.10. The van der Waals surface area contributed by atoms with Gasteiger partial charge in [0.05, 0.1) is 23.0 Å². The van der Waals surface area contributed by atoms with Gasteiger partial charge in [-0.3, -0.25) is 4.57 Å². The van der Waals surface area contributed by atoms with E-state index in [9.17, 15) is 9.46 Å². The first-order valence-electron chi connectivity index (χ1n) is 4.97. The molecule has 1 atom stereocenters. The first kappa shape index (κ1) is 13.6. The number of halogens is 2. The van der Waals surface area contributed by atoms with Crippen LogP contribution in [-0.2, 0) is 4.57 Å². The second kappa shape index (κ2) is 4.71. The molecule has 0 bridgehead atoms. The third-order valence-electron chi connectivity index (χ3n) is 2.43. The molecule has 2 rings (SSSR count). The molecule has 1 N–H and O–H groups in total. The van der Waals surface area contributed by atoms with Crippen LogP contribution in [0.2, 0.25) is 10.0 Å². The van der Waals surface area contributed by atoms with Crippen molar-refractivity contribution < 1.29 is 14.2 Å². The molecule has 2 aromatic rings. The predicted octanol–water partition coefficient (Wildman–Crippen LogP) is 3.08. The van der Waals surface area contributed by atoms with Gasteiger partial charge in [0, 0.05) is 17.1 Å². The van der Waals surface area contributed by atoms with E-state index in [1.165, 1.54) is 19.8 Å². The van der Waals surface area contributed by atoms with E-state index >= 15 is 0 Å². The number of methoxy groups -OCH3 is 1. The maximum absolute atomic E-state index is 11.8. The SMILES string of the molecule is COc1nc2cc(Cl)cc(Cl)c2cc1P(C)(=O)O. The maximum Gasteiger partial charge on any atom is 0.232 e.